The van der Waals surface area contributed by atoms with Crippen LogP contribution < -0.4 is 0 Å². The first-order chi connectivity index (χ1) is 6.09. The first-order valence-electron chi connectivity index (χ1n) is 3.45. The number of aromatic nitrogens is 3. The Labute approximate surface area is 70.8 Å². The van der Waals surface area contributed by atoms with Crippen molar-refractivity contribution in [2.24, 2.45) is 0 Å². The van der Waals surface area contributed by atoms with Crippen molar-refractivity contribution in [2.75, 3.05) is 0 Å². The molecule has 2 heterocycles. The Kier molecular flexibility index (Phi) is 1.51. The van der Waals surface area contributed by atoms with E-state index in [4.69, 9.17) is 0 Å². The average molecular weight is 187 g/mol. The molecule has 6 heteroatoms. The van der Waals surface area contributed by atoms with E-state index in [9.17, 15) is 13.2 Å². The lowest BCUT2D eigenvalue weighted by Gasteiger charge is -2.03. The van der Waals surface area contributed by atoms with Crippen LogP contribution in [0.4, 0.5) is 13.2 Å². The summed E-state index contributed by atoms with van der Waals surface area (Å²) in [5.41, 5.74) is -0.669. The molecule has 0 saturated heterocycles. The number of hydrogen-bond donors (Lipinski definition) is 0. The molecular formula is C7H4F3N3. The van der Waals surface area contributed by atoms with E-state index >= 15 is 0 Å². The van der Waals surface area contributed by atoms with E-state index in [0.29, 0.717) is 0 Å². The third kappa shape index (κ3) is 1.24. The monoisotopic (exact) mass is 187 g/mol. The number of nitrogens with zero attached hydrogens (tertiary/aromatic N) is 3. The van der Waals surface area contributed by atoms with Crippen LogP contribution in [0.1, 0.15) is 5.69 Å². The van der Waals surface area contributed by atoms with Gasteiger partial charge >= 0.3 is 6.18 Å². The van der Waals surface area contributed by atoms with Crippen molar-refractivity contribution in [2.45, 2.75) is 6.18 Å². The Bertz CT molecular complexity index is 432. The van der Waals surface area contributed by atoms with Crippen molar-refractivity contribution in [3.8, 4) is 0 Å². The molecule has 68 valence electrons. The molecule has 2 rings (SSSR count). The summed E-state index contributed by atoms with van der Waals surface area (Å²) in [6.07, 6.45) is -2.36. The number of halogens is 3. The summed E-state index contributed by atoms with van der Waals surface area (Å²) in [6.45, 7) is 0. The fourth-order valence-corrected chi connectivity index (χ4v) is 1.02. The minimum Gasteiger partial charge on any atom is -0.235 e. The van der Waals surface area contributed by atoms with Gasteiger partial charge in [-0.2, -0.15) is 18.3 Å². The summed E-state index contributed by atoms with van der Waals surface area (Å²) < 4.78 is 37.5. The number of alkyl halides is 3. The molecule has 0 unspecified atom stereocenters. The van der Waals surface area contributed by atoms with Gasteiger partial charge in [0.05, 0.1) is 6.20 Å². The lowest BCUT2D eigenvalue weighted by molar-refractivity contribution is -0.142. The first-order valence-corrected chi connectivity index (χ1v) is 3.45. The van der Waals surface area contributed by atoms with Gasteiger partial charge in [-0.15, -0.1) is 0 Å². The molecule has 0 saturated carbocycles. The van der Waals surface area contributed by atoms with Crippen LogP contribution in [0.5, 0.6) is 0 Å². The van der Waals surface area contributed by atoms with E-state index in [1.165, 1.54) is 18.3 Å². The summed E-state index contributed by atoms with van der Waals surface area (Å²) in [5, 5.41) is 3.54. The topological polar surface area (TPSA) is 30.2 Å². The van der Waals surface area contributed by atoms with E-state index in [2.05, 4.69) is 10.1 Å². The molecule has 13 heavy (non-hydrogen) atoms. The van der Waals surface area contributed by atoms with Crippen molar-refractivity contribution < 1.29 is 13.2 Å². The second-order valence-electron chi connectivity index (χ2n) is 2.43. The lowest BCUT2D eigenvalue weighted by Crippen LogP contribution is -2.10. The molecule has 0 atom stereocenters. The van der Waals surface area contributed by atoms with E-state index in [0.717, 1.165) is 10.7 Å². The predicted octanol–water partition coefficient (Wildman–Crippen LogP) is 1.75. The second kappa shape index (κ2) is 2.45. The van der Waals surface area contributed by atoms with Gasteiger partial charge in [-0.25, -0.2) is 9.50 Å². The fraction of sp³-hybridized carbons (Fsp3) is 0.143. The number of hydrogen-bond acceptors (Lipinski definition) is 2. The molecule has 3 nitrogen and oxygen atoms in total. The van der Waals surface area contributed by atoms with Gasteiger partial charge in [0.2, 0.25) is 0 Å². The number of fused-ring (bicyclic) bond motifs is 1. The van der Waals surface area contributed by atoms with Gasteiger partial charge in [-0.3, -0.25) is 0 Å². The summed E-state index contributed by atoms with van der Waals surface area (Å²) in [5.74, 6) is 0. The van der Waals surface area contributed by atoms with Crippen LogP contribution in [0.3, 0.4) is 0 Å². The largest absolute Gasteiger partial charge is 0.435 e. The average Bonchev–Trinajstić information content (AvgIpc) is 2.45. The van der Waals surface area contributed by atoms with Crippen LogP contribution in [0.15, 0.2) is 24.5 Å². The van der Waals surface area contributed by atoms with Crippen LogP contribution in [-0.4, -0.2) is 14.6 Å². The Morgan fingerprint density at radius 1 is 1.31 bits per heavy atom. The minimum atomic E-state index is -4.41. The number of imidazole rings is 1. The molecule has 0 radical (unpaired) electrons. The van der Waals surface area contributed by atoms with Gasteiger partial charge < -0.3 is 0 Å². The molecule has 2 aromatic rings. The highest BCUT2D eigenvalue weighted by molar-refractivity contribution is 5.38. The van der Waals surface area contributed by atoms with E-state index < -0.39 is 11.9 Å². The Hall–Kier alpha value is -1.59. The smallest absolute Gasteiger partial charge is 0.235 e. The van der Waals surface area contributed by atoms with Gasteiger partial charge in [-0.1, -0.05) is 0 Å². The summed E-state index contributed by atoms with van der Waals surface area (Å²) in [4.78, 5) is 3.57. The second-order valence-corrected chi connectivity index (χ2v) is 2.43. The van der Waals surface area contributed by atoms with Gasteiger partial charge in [0.15, 0.2) is 11.3 Å². The molecular weight excluding hydrogens is 183 g/mol. The van der Waals surface area contributed by atoms with Crippen LogP contribution in [0.25, 0.3) is 5.65 Å². The predicted molar refractivity (Wildman–Crippen MR) is 38.0 cm³/mol. The standard InChI is InChI=1S/C7H4F3N3/c8-7(9,10)5-4-11-6-2-1-3-12-13(5)6/h1-4H. The van der Waals surface area contributed by atoms with Crippen LogP contribution in [0, 0.1) is 0 Å². The SMILES string of the molecule is FC(F)(F)c1cnc2cccnn12. The normalized spacial score (nSPS) is 12.2. The van der Waals surface area contributed by atoms with E-state index in [1.54, 1.807) is 0 Å². The molecule has 0 fully saturated rings. The molecule has 0 aliphatic rings. The van der Waals surface area contributed by atoms with Gasteiger partial charge in [-0.05, 0) is 12.1 Å². The van der Waals surface area contributed by atoms with Gasteiger partial charge in [0.25, 0.3) is 0 Å². The zero-order chi connectivity index (χ0) is 9.47. The highest BCUT2D eigenvalue weighted by atomic mass is 19.4. The maximum Gasteiger partial charge on any atom is 0.435 e. The molecule has 0 amide bonds. The third-order valence-corrected chi connectivity index (χ3v) is 1.57. The molecule has 0 spiro atoms. The minimum absolute atomic E-state index is 0.190. The molecule has 0 aliphatic heterocycles. The summed E-state index contributed by atoms with van der Waals surface area (Å²) >= 11 is 0. The first kappa shape index (κ1) is 8.03. The fourth-order valence-electron chi connectivity index (χ4n) is 1.02. The molecule has 0 aromatic carbocycles. The van der Waals surface area contributed by atoms with Gasteiger partial charge in [0.1, 0.15) is 0 Å². The van der Waals surface area contributed by atoms with Crippen LogP contribution in [-0.2, 0) is 6.18 Å². The Morgan fingerprint density at radius 2 is 2.08 bits per heavy atom. The number of rotatable bonds is 0. The van der Waals surface area contributed by atoms with Crippen molar-refractivity contribution >= 4 is 5.65 Å². The van der Waals surface area contributed by atoms with Gasteiger partial charge in [0, 0.05) is 6.20 Å². The summed E-state index contributed by atoms with van der Waals surface area (Å²) in [7, 11) is 0. The molecule has 0 N–H and O–H groups in total. The zero-order valence-corrected chi connectivity index (χ0v) is 6.28. The summed E-state index contributed by atoms with van der Waals surface area (Å²) in [6, 6.07) is 2.99. The lowest BCUT2D eigenvalue weighted by atomic mass is 10.5. The Balaban J connectivity index is 2.72. The Morgan fingerprint density at radius 3 is 2.77 bits per heavy atom. The van der Waals surface area contributed by atoms with E-state index in [1.807, 2.05) is 0 Å². The maximum absolute atomic E-state index is 12.3. The molecule has 0 bridgehead atoms. The van der Waals surface area contributed by atoms with Crippen molar-refractivity contribution in [3.05, 3.63) is 30.2 Å². The van der Waals surface area contributed by atoms with Crippen molar-refractivity contribution in [1.29, 1.82) is 0 Å². The zero-order valence-electron chi connectivity index (χ0n) is 6.28. The van der Waals surface area contributed by atoms with Crippen molar-refractivity contribution in [1.82, 2.24) is 14.6 Å². The highest BCUT2D eigenvalue weighted by Crippen LogP contribution is 2.28. The van der Waals surface area contributed by atoms with Crippen LogP contribution in [0.2, 0.25) is 0 Å². The highest BCUT2D eigenvalue weighted by Gasteiger charge is 2.34. The van der Waals surface area contributed by atoms with E-state index in [-0.39, 0.29) is 5.65 Å². The maximum atomic E-state index is 12.3. The quantitative estimate of drug-likeness (QED) is 0.628. The molecule has 0 aliphatic carbocycles. The van der Waals surface area contributed by atoms with Crippen LogP contribution >= 0.6 is 0 Å². The molecule has 2 aromatic heterocycles. The third-order valence-electron chi connectivity index (χ3n) is 1.57. The van der Waals surface area contributed by atoms with Crippen molar-refractivity contribution in [3.63, 3.8) is 0 Å².